The molecule has 130 valence electrons. The molecule has 4 rings (SSSR count). The molecule has 0 atom stereocenters. The van der Waals surface area contributed by atoms with Gasteiger partial charge in [-0.05, 0) is 47.9 Å². The molecule has 2 aromatic carbocycles. The molecule has 0 amide bonds. The van der Waals surface area contributed by atoms with Crippen LogP contribution in [0.5, 0.6) is 0 Å². The zero-order chi connectivity index (χ0) is 17.8. The van der Waals surface area contributed by atoms with E-state index in [4.69, 9.17) is 0 Å². The van der Waals surface area contributed by atoms with Crippen molar-refractivity contribution in [1.82, 2.24) is 9.55 Å². The fraction of sp³-hybridized carbons (Fsp3) is 0.136. The molecule has 0 aliphatic heterocycles. The van der Waals surface area contributed by atoms with Crippen molar-refractivity contribution < 1.29 is 4.39 Å². The molecule has 0 aliphatic rings. The monoisotopic (exact) mass is 345 g/mol. The highest BCUT2D eigenvalue weighted by Gasteiger charge is 2.08. The van der Waals surface area contributed by atoms with Crippen molar-refractivity contribution in [2.24, 2.45) is 0 Å². The van der Waals surface area contributed by atoms with Gasteiger partial charge in [0.25, 0.3) is 0 Å². The summed E-state index contributed by atoms with van der Waals surface area (Å²) >= 11 is 0. The lowest BCUT2D eigenvalue weighted by Gasteiger charge is -2.05. The summed E-state index contributed by atoms with van der Waals surface area (Å²) in [5.74, 6) is -0.201. The van der Waals surface area contributed by atoms with E-state index in [1.54, 1.807) is 6.20 Å². The maximum Gasteiger partial charge on any atom is 0.123 e. The Morgan fingerprint density at radius 1 is 0.962 bits per heavy atom. The molecule has 0 aliphatic carbocycles. The van der Waals surface area contributed by atoms with Gasteiger partial charge in [-0.3, -0.25) is 4.98 Å². The Morgan fingerprint density at radius 2 is 1.81 bits per heavy atom. The van der Waals surface area contributed by atoms with E-state index in [-0.39, 0.29) is 5.82 Å². The number of anilines is 1. The Morgan fingerprint density at radius 3 is 2.62 bits per heavy atom. The van der Waals surface area contributed by atoms with Crippen molar-refractivity contribution >= 4 is 16.6 Å². The Labute approximate surface area is 152 Å². The number of rotatable bonds is 6. The highest BCUT2D eigenvalue weighted by Crippen LogP contribution is 2.23. The first-order valence-corrected chi connectivity index (χ1v) is 8.75. The maximum atomic E-state index is 13.1. The summed E-state index contributed by atoms with van der Waals surface area (Å²) in [4.78, 5) is 4.12. The van der Waals surface area contributed by atoms with Gasteiger partial charge in [0.2, 0.25) is 0 Å². The fourth-order valence-corrected chi connectivity index (χ4v) is 3.25. The molecule has 0 bridgehead atoms. The van der Waals surface area contributed by atoms with Crippen LogP contribution in [0.2, 0.25) is 0 Å². The Bertz CT molecular complexity index is 991. The van der Waals surface area contributed by atoms with E-state index in [0.29, 0.717) is 0 Å². The zero-order valence-electron chi connectivity index (χ0n) is 14.4. The number of para-hydroxylation sites is 1. The molecule has 3 nitrogen and oxygen atoms in total. The number of hydrogen-bond acceptors (Lipinski definition) is 2. The Hall–Kier alpha value is -3.14. The predicted octanol–water partition coefficient (Wildman–Crippen LogP) is 4.88. The van der Waals surface area contributed by atoms with E-state index < -0.39 is 0 Å². The molecule has 0 spiro atoms. The van der Waals surface area contributed by atoms with Crippen LogP contribution in [-0.4, -0.2) is 16.1 Å². The average molecular weight is 345 g/mol. The Balaban J connectivity index is 1.54. The first kappa shape index (κ1) is 16.3. The van der Waals surface area contributed by atoms with Crippen LogP contribution in [0.15, 0.2) is 79.3 Å². The van der Waals surface area contributed by atoms with Crippen LogP contribution in [-0.2, 0) is 13.0 Å². The largest absolute Gasteiger partial charge is 0.383 e. The molecular formula is C22H20FN3. The third-order valence-electron chi connectivity index (χ3n) is 4.52. The topological polar surface area (TPSA) is 29.9 Å². The van der Waals surface area contributed by atoms with Crippen LogP contribution < -0.4 is 5.32 Å². The van der Waals surface area contributed by atoms with Crippen molar-refractivity contribution in [1.29, 1.82) is 0 Å². The van der Waals surface area contributed by atoms with E-state index >= 15 is 0 Å². The van der Waals surface area contributed by atoms with Gasteiger partial charge in [-0.15, -0.1) is 0 Å². The lowest BCUT2D eigenvalue weighted by Crippen LogP contribution is -2.04. The molecule has 4 heteroatoms. The summed E-state index contributed by atoms with van der Waals surface area (Å²) in [5.41, 5.74) is 4.63. The van der Waals surface area contributed by atoms with Crippen LogP contribution >= 0.6 is 0 Å². The standard InChI is InChI=1S/C22H20FN3/c23-19-9-7-17(8-10-19)15-26-16-18(21-5-1-2-6-22(21)26)11-13-25-20-4-3-12-24-14-20/h1-10,12,14,16,25H,11,13,15H2. The van der Waals surface area contributed by atoms with Gasteiger partial charge in [0, 0.05) is 42.6 Å². The number of benzene rings is 2. The van der Waals surface area contributed by atoms with E-state index in [1.165, 1.54) is 28.6 Å². The number of pyridine rings is 1. The molecule has 0 saturated carbocycles. The van der Waals surface area contributed by atoms with E-state index in [0.717, 1.165) is 30.8 Å². The second-order valence-electron chi connectivity index (χ2n) is 6.34. The van der Waals surface area contributed by atoms with Gasteiger partial charge in [0.15, 0.2) is 0 Å². The third kappa shape index (κ3) is 3.59. The molecule has 2 aromatic heterocycles. The first-order chi connectivity index (χ1) is 12.8. The molecule has 2 heterocycles. The Kier molecular flexibility index (Phi) is 4.65. The fourth-order valence-electron chi connectivity index (χ4n) is 3.25. The van der Waals surface area contributed by atoms with Crippen LogP contribution in [0.25, 0.3) is 10.9 Å². The molecule has 0 radical (unpaired) electrons. The number of aromatic nitrogens is 2. The number of hydrogen-bond donors (Lipinski definition) is 1. The van der Waals surface area contributed by atoms with Gasteiger partial charge in [0.05, 0.1) is 5.69 Å². The molecular weight excluding hydrogens is 325 g/mol. The van der Waals surface area contributed by atoms with Crippen LogP contribution in [0.3, 0.4) is 0 Å². The van der Waals surface area contributed by atoms with Gasteiger partial charge in [-0.25, -0.2) is 4.39 Å². The average Bonchev–Trinajstić information content (AvgIpc) is 3.02. The number of fused-ring (bicyclic) bond motifs is 1. The summed E-state index contributed by atoms with van der Waals surface area (Å²) in [6, 6.07) is 19.1. The predicted molar refractivity (Wildman–Crippen MR) is 104 cm³/mol. The summed E-state index contributed by atoms with van der Waals surface area (Å²) < 4.78 is 15.4. The van der Waals surface area contributed by atoms with Crippen molar-refractivity contribution in [3.05, 3.63) is 96.2 Å². The van der Waals surface area contributed by atoms with Gasteiger partial charge < -0.3 is 9.88 Å². The summed E-state index contributed by atoms with van der Waals surface area (Å²) in [7, 11) is 0. The van der Waals surface area contributed by atoms with E-state index in [2.05, 4.69) is 45.3 Å². The normalized spacial score (nSPS) is 11.0. The van der Waals surface area contributed by atoms with Crippen LogP contribution in [0.4, 0.5) is 10.1 Å². The number of nitrogens with one attached hydrogen (secondary N) is 1. The van der Waals surface area contributed by atoms with Crippen molar-refractivity contribution in [2.75, 3.05) is 11.9 Å². The quantitative estimate of drug-likeness (QED) is 0.540. The van der Waals surface area contributed by atoms with Gasteiger partial charge in [-0.2, -0.15) is 0 Å². The minimum Gasteiger partial charge on any atom is -0.383 e. The SMILES string of the molecule is Fc1ccc(Cn2cc(CCNc3cccnc3)c3ccccc32)cc1. The summed E-state index contributed by atoms with van der Waals surface area (Å²) in [5, 5.41) is 4.68. The van der Waals surface area contributed by atoms with Gasteiger partial charge >= 0.3 is 0 Å². The minimum absolute atomic E-state index is 0.201. The van der Waals surface area contributed by atoms with E-state index in [1.807, 2.05) is 30.5 Å². The summed E-state index contributed by atoms with van der Waals surface area (Å²) in [6.07, 6.45) is 6.73. The van der Waals surface area contributed by atoms with Crippen molar-refractivity contribution in [2.45, 2.75) is 13.0 Å². The lowest BCUT2D eigenvalue weighted by atomic mass is 10.1. The summed E-state index contributed by atoms with van der Waals surface area (Å²) in [6.45, 7) is 1.58. The van der Waals surface area contributed by atoms with E-state index in [9.17, 15) is 4.39 Å². The van der Waals surface area contributed by atoms with Crippen LogP contribution in [0.1, 0.15) is 11.1 Å². The maximum absolute atomic E-state index is 13.1. The molecule has 0 fully saturated rings. The first-order valence-electron chi connectivity index (χ1n) is 8.75. The minimum atomic E-state index is -0.201. The van der Waals surface area contributed by atoms with Gasteiger partial charge in [-0.1, -0.05) is 30.3 Å². The number of nitrogens with zero attached hydrogens (tertiary/aromatic N) is 2. The molecule has 26 heavy (non-hydrogen) atoms. The van der Waals surface area contributed by atoms with Crippen LogP contribution in [0, 0.1) is 5.82 Å². The smallest absolute Gasteiger partial charge is 0.123 e. The second kappa shape index (κ2) is 7.40. The lowest BCUT2D eigenvalue weighted by molar-refractivity contribution is 0.626. The molecule has 0 unspecified atom stereocenters. The molecule has 1 N–H and O–H groups in total. The second-order valence-corrected chi connectivity index (χ2v) is 6.34. The molecule has 0 saturated heterocycles. The van der Waals surface area contributed by atoms with Crippen molar-refractivity contribution in [3.63, 3.8) is 0 Å². The van der Waals surface area contributed by atoms with Gasteiger partial charge in [0.1, 0.15) is 5.82 Å². The molecule has 4 aromatic rings. The van der Waals surface area contributed by atoms with Crippen molar-refractivity contribution in [3.8, 4) is 0 Å². The highest BCUT2D eigenvalue weighted by atomic mass is 19.1. The highest BCUT2D eigenvalue weighted by molar-refractivity contribution is 5.84. The number of halogens is 1. The third-order valence-corrected chi connectivity index (χ3v) is 4.52. The zero-order valence-corrected chi connectivity index (χ0v) is 14.4.